The number of imidazole rings is 1. The summed E-state index contributed by atoms with van der Waals surface area (Å²) in [5.41, 5.74) is 0.812. The molecule has 0 saturated heterocycles. The van der Waals surface area contributed by atoms with Gasteiger partial charge in [0.2, 0.25) is 0 Å². The number of hydrogen-bond donors (Lipinski definition) is 0. The molecule has 0 saturated carbocycles. The lowest BCUT2D eigenvalue weighted by atomic mass is 9.88. The van der Waals surface area contributed by atoms with E-state index in [2.05, 4.69) is 36.1 Å². The second-order valence-electron chi connectivity index (χ2n) is 6.20. The molecule has 0 bridgehead atoms. The Labute approximate surface area is 131 Å². The van der Waals surface area contributed by atoms with Gasteiger partial charge in [0.1, 0.15) is 23.8 Å². The number of methoxy groups -OCH3 is 1. The van der Waals surface area contributed by atoms with E-state index in [9.17, 15) is 4.79 Å². The summed E-state index contributed by atoms with van der Waals surface area (Å²) in [4.78, 5) is 21.3. The zero-order valence-electron chi connectivity index (χ0n) is 13.0. The van der Waals surface area contributed by atoms with Crippen LogP contribution < -0.4 is 5.69 Å². The van der Waals surface area contributed by atoms with E-state index >= 15 is 0 Å². The summed E-state index contributed by atoms with van der Waals surface area (Å²) >= 11 is 1.64. The Balaban J connectivity index is 2.03. The first kappa shape index (κ1) is 15.2. The van der Waals surface area contributed by atoms with E-state index in [0.29, 0.717) is 11.3 Å². The Morgan fingerprint density at radius 2 is 2.23 bits per heavy atom. The molecule has 2 aromatic rings. The molecule has 0 fully saturated rings. The molecule has 0 aliphatic carbocycles. The highest BCUT2D eigenvalue weighted by Crippen LogP contribution is 2.33. The topological polar surface area (TPSA) is 86.7 Å². The maximum absolute atomic E-state index is 12.2. The molecule has 1 unspecified atom stereocenters. The van der Waals surface area contributed by atoms with Crippen LogP contribution in [0.3, 0.4) is 0 Å². The van der Waals surface area contributed by atoms with E-state index in [1.807, 2.05) is 0 Å². The van der Waals surface area contributed by atoms with E-state index in [1.54, 1.807) is 11.8 Å². The Morgan fingerprint density at radius 3 is 2.86 bits per heavy atom. The van der Waals surface area contributed by atoms with Crippen molar-refractivity contribution in [2.24, 2.45) is 10.4 Å². The summed E-state index contributed by atoms with van der Waals surface area (Å²) in [5, 5.41) is 8.78. The number of fused-ring (bicyclic) bond motifs is 1. The van der Waals surface area contributed by atoms with Gasteiger partial charge in [0.25, 0.3) is 0 Å². The van der Waals surface area contributed by atoms with Crippen molar-refractivity contribution in [2.75, 3.05) is 12.9 Å². The molecule has 8 nitrogen and oxygen atoms in total. The highest BCUT2D eigenvalue weighted by molar-refractivity contribution is 8.14. The van der Waals surface area contributed by atoms with Gasteiger partial charge in [-0.15, -0.1) is 16.9 Å². The first-order chi connectivity index (χ1) is 10.4. The van der Waals surface area contributed by atoms with Gasteiger partial charge in [0.15, 0.2) is 5.65 Å². The maximum atomic E-state index is 12.2. The Morgan fingerprint density at radius 1 is 1.45 bits per heavy atom. The third-order valence-corrected chi connectivity index (χ3v) is 4.58. The van der Waals surface area contributed by atoms with Crippen LogP contribution >= 0.6 is 11.8 Å². The summed E-state index contributed by atoms with van der Waals surface area (Å²) in [6.07, 6.45) is 1.46. The molecule has 118 valence electrons. The number of aliphatic imine (C=N–C) groups is 1. The van der Waals surface area contributed by atoms with Crippen LogP contribution in [0.15, 0.2) is 16.1 Å². The van der Waals surface area contributed by atoms with Gasteiger partial charge in [-0.05, 0) is 5.41 Å². The predicted octanol–water partition coefficient (Wildman–Crippen LogP) is 0.798. The predicted molar refractivity (Wildman–Crippen MR) is 84.3 cm³/mol. The number of thioether (sulfide) groups is 1. The molecule has 1 aliphatic rings. The van der Waals surface area contributed by atoms with E-state index < -0.39 is 0 Å². The summed E-state index contributed by atoms with van der Waals surface area (Å²) in [6.45, 7) is 6.55. The molecule has 1 atom stereocenters. The zero-order chi connectivity index (χ0) is 15.9. The average Bonchev–Trinajstić information content (AvgIpc) is 3.07. The molecule has 1 aliphatic heterocycles. The van der Waals surface area contributed by atoms with Gasteiger partial charge in [-0.25, -0.2) is 14.2 Å². The number of nitrogens with zero attached hydrogens (tertiary/aromatic N) is 6. The second-order valence-corrected chi connectivity index (χ2v) is 7.21. The fourth-order valence-corrected chi connectivity index (χ4v) is 3.51. The molecular formula is C13H18N6O2S. The van der Waals surface area contributed by atoms with Crippen LogP contribution in [-0.4, -0.2) is 48.3 Å². The Bertz CT molecular complexity index is 788. The first-order valence-corrected chi connectivity index (χ1v) is 7.91. The van der Waals surface area contributed by atoms with Crippen LogP contribution in [-0.2, 0) is 11.5 Å². The number of hydrogen-bond acceptors (Lipinski definition) is 7. The molecule has 2 aromatic heterocycles. The standard InChI is InChI=1S/C13H18N6O2S/c1-13(2,3)8-5-22-11(15-8)9-10-16-17-19(7-21-4)12(20)18(10)6-14-9/h6,8H,5,7H2,1-4H3. The van der Waals surface area contributed by atoms with Gasteiger partial charge in [-0.2, -0.15) is 4.68 Å². The van der Waals surface area contributed by atoms with E-state index in [4.69, 9.17) is 9.73 Å². The van der Waals surface area contributed by atoms with Crippen molar-refractivity contribution in [3.63, 3.8) is 0 Å². The fourth-order valence-electron chi connectivity index (χ4n) is 2.14. The lowest BCUT2D eigenvalue weighted by Crippen LogP contribution is -2.30. The molecule has 22 heavy (non-hydrogen) atoms. The first-order valence-electron chi connectivity index (χ1n) is 6.92. The van der Waals surface area contributed by atoms with Crippen molar-refractivity contribution < 1.29 is 4.74 Å². The lowest BCUT2D eigenvalue weighted by molar-refractivity contribution is 0.111. The monoisotopic (exact) mass is 322 g/mol. The van der Waals surface area contributed by atoms with Gasteiger partial charge >= 0.3 is 5.69 Å². The highest BCUT2D eigenvalue weighted by Gasteiger charge is 2.31. The van der Waals surface area contributed by atoms with Crippen LogP contribution in [0.1, 0.15) is 26.5 Å². The molecule has 9 heteroatoms. The van der Waals surface area contributed by atoms with E-state index in [1.165, 1.54) is 17.8 Å². The molecule has 0 amide bonds. The SMILES string of the molecule is COCn1nnc2c(C3=NC(C(C)(C)C)CS3)ncn2c1=O. The summed E-state index contributed by atoms with van der Waals surface area (Å²) in [5.74, 6) is 0.909. The van der Waals surface area contributed by atoms with Gasteiger partial charge < -0.3 is 4.74 Å². The van der Waals surface area contributed by atoms with Crippen LogP contribution in [0.4, 0.5) is 0 Å². The Kier molecular flexibility index (Phi) is 3.77. The normalized spacial score (nSPS) is 18.9. The smallest absolute Gasteiger partial charge is 0.355 e. The van der Waals surface area contributed by atoms with Crippen LogP contribution in [0.25, 0.3) is 5.65 Å². The van der Waals surface area contributed by atoms with Crippen molar-refractivity contribution in [1.82, 2.24) is 24.4 Å². The minimum absolute atomic E-state index is 0.0527. The summed E-state index contributed by atoms with van der Waals surface area (Å²) in [6, 6.07) is 0.228. The average molecular weight is 322 g/mol. The highest BCUT2D eigenvalue weighted by atomic mass is 32.2. The molecule has 0 aromatic carbocycles. The summed E-state index contributed by atoms with van der Waals surface area (Å²) < 4.78 is 7.42. The largest absolute Gasteiger partial charge is 0.362 e. The minimum atomic E-state index is -0.332. The van der Waals surface area contributed by atoms with Gasteiger partial charge in [0, 0.05) is 12.9 Å². The summed E-state index contributed by atoms with van der Waals surface area (Å²) in [7, 11) is 1.49. The number of ether oxygens (including phenoxy) is 1. The Hall–Kier alpha value is -1.74. The van der Waals surface area contributed by atoms with Gasteiger partial charge in [-0.1, -0.05) is 26.0 Å². The molecule has 0 N–H and O–H groups in total. The quantitative estimate of drug-likeness (QED) is 0.830. The zero-order valence-corrected chi connectivity index (χ0v) is 13.8. The fraction of sp³-hybridized carbons (Fsp3) is 0.615. The third-order valence-electron chi connectivity index (χ3n) is 3.52. The van der Waals surface area contributed by atoms with Gasteiger partial charge in [0.05, 0.1) is 6.04 Å². The second kappa shape index (κ2) is 5.47. The number of rotatable bonds is 3. The van der Waals surface area contributed by atoms with Crippen LogP contribution in [0.2, 0.25) is 0 Å². The van der Waals surface area contributed by atoms with Crippen LogP contribution in [0.5, 0.6) is 0 Å². The van der Waals surface area contributed by atoms with E-state index in [-0.39, 0.29) is 23.9 Å². The lowest BCUT2D eigenvalue weighted by Gasteiger charge is -2.23. The van der Waals surface area contributed by atoms with Crippen molar-refractivity contribution in [1.29, 1.82) is 0 Å². The van der Waals surface area contributed by atoms with Crippen molar-refractivity contribution in [2.45, 2.75) is 33.5 Å². The van der Waals surface area contributed by atoms with Gasteiger partial charge in [-0.3, -0.25) is 4.99 Å². The van der Waals surface area contributed by atoms with Crippen molar-refractivity contribution in [3.8, 4) is 0 Å². The molecule has 0 radical (unpaired) electrons. The maximum Gasteiger partial charge on any atom is 0.355 e. The van der Waals surface area contributed by atoms with Crippen LogP contribution in [0, 0.1) is 5.41 Å². The molecular weight excluding hydrogens is 304 g/mol. The number of aromatic nitrogens is 5. The van der Waals surface area contributed by atoms with Crippen molar-refractivity contribution in [3.05, 3.63) is 22.5 Å². The van der Waals surface area contributed by atoms with E-state index in [0.717, 1.165) is 15.5 Å². The van der Waals surface area contributed by atoms with Crippen molar-refractivity contribution >= 4 is 22.5 Å². The third kappa shape index (κ3) is 2.54. The molecule has 3 rings (SSSR count). The minimum Gasteiger partial charge on any atom is -0.362 e. The molecule has 0 spiro atoms. The molecule has 3 heterocycles.